The second-order valence-electron chi connectivity index (χ2n) is 4.40. The number of rotatable bonds is 3. The normalized spacial score (nSPS) is 11.1. The molecule has 0 aliphatic heterocycles. The second kappa shape index (κ2) is 7.17. The zero-order valence-electron chi connectivity index (χ0n) is 11.6. The number of benzene rings is 1. The number of aromatic nitrogens is 2. The van der Waals surface area contributed by atoms with E-state index < -0.39 is 0 Å². The Bertz CT molecular complexity index is 657. The van der Waals surface area contributed by atoms with Crippen molar-refractivity contribution in [1.82, 2.24) is 15.3 Å². The first kappa shape index (κ1) is 14.7. The zero-order chi connectivity index (χ0) is 15.1. The van der Waals surface area contributed by atoms with Gasteiger partial charge in [-0.25, -0.2) is 9.97 Å². The molecule has 5 heteroatoms. The van der Waals surface area contributed by atoms with Crippen LogP contribution in [0.25, 0.3) is 0 Å². The maximum absolute atomic E-state index is 12.0. The van der Waals surface area contributed by atoms with E-state index in [1.807, 2.05) is 31.2 Å². The van der Waals surface area contributed by atoms with E-state index >= 15 is 0 Å². The topological polar surface area (TPSA) is 75.1 Å². The van der Waals surface area contributed by atoms with Crippen molar-refractivity contribution in [2.45, 2.75) is 13.0 Å². The summed E-state index contributed by atoms with van der Waals surface area (Å²) in [5.74, 6) is 5.20. The standard InChI is InChI=1S/C16H15N3O2/c1-12(19-16(21)15-9-17-11-18-10-15)14-6-4-13(5-7-14)3-2-8-20/h4-7,9-12,20H,8H2,1H3,(H,19,21). The Kier molecular flexibility index (Phi) is 5.02. The highest BCUT2D eigenvalue weighted by Crippen LogP contribution is 2.13. The number of amides is 1. The van der Waals surface area contributed by atoms with Crippen LogP contribution in [0.5, 0.6) is 0 Å². The molecule has 0 saturated heterocycles. The Balaban J connectivity index is 2.03. The molecule has 2 rings (SSSR count). The van der Waals surface area contributed by atoms with Crippen LogP contribution in [0, 0.1) is 11.8 Å². The monoisotopic (exact) mass is 281 g/mol. The predicted molar refractivity (Wildman–Crippen MR) is 78.3 cm³/mol. The minimum Gasteiger partial charge on any atom is -0.384 e. The number of hydrogen-bond donors (Lipinski definition) is 2. The number of carbonyl (C=O) groups is 1. The van der Waals surface area contributed by atoms with Crippen molar-refractivity contribution in [3.8, 4) is 11.8 Å². The van der Waals surface area contributed by atoms with E-state index in [1.54, 1.807) is 0 Å². The van der Waals surface area contributed by atoms with Gasteiger partial charge < -0.3 is 10.4 Å². The Morgan fingerprint density at radius 3 is 2.57 bits per heavy atom. The van der Waals surface area contributed by atoms with Gasteiger partial charge in [-0.3, -0.25) is 4.79 Å². The molecule has 0 spiro atoms. The van der Waals surface area contributed by atoms with Gasteiger partial charge in [-0.1, -0.05) is 24.0 Å². The van der Waals surface area contributed by atoms with E-state index in [9.17, 15) is 4.79 Å². The number of hydrogen-bond acceptors (Lipinski definition) is 4. The van der Waals surface area contributed by atoms with Crippen LogP contribution in [0.2, 0.25) is 0 Å². The lowest BCUT2D eigenvalue weighted by Gasteiger charge is -2.14. The van der Waals surface area contributed by atoms with Gasteiger partial charge in [-0.15, -0.1) is 0 Å². The predicted octanol–water partition coefficient (Wildman–Crippen LogP) is 1.31. The molecule has 0 aliphatic rings. The number of aliphatic hydroxyl groups is 1. The molecule has 1 heterocycles. The molecule has 21 heavy (non-hydrogen) atoms. The molecule has 0 bridgehead atoms. The summed E-state index contributed by atoms with van der Waals surface area (Å²) in [5.41, 5.74) is 2.22. The molecule has 1 atom stereocenters. The summed E-state index contributed by atoms with van der Waals surface area (Å²) < 4.78 is 0. The smallest absolute Gasteiger partial charge is 0.254 e. The van der Waals surface area contributed by atoms with Gasteiger partial charge in [0.15, 0.2) is 0 Å². The number of nitrogens with zero attached hydrogens (tertiary/aromatic N) is 2. The highest BCUT2D eigenvalue weighted by atomic mass is 16.2. The SMILES string of the molecule is CC(NC(=O)c1cncnc1)c1ccc(C#CCO)cc1. The van der Waals surface area contributed by atoms with Crippen molar-refractivity contribution in [2.24, 2.45) is 0 Å². The summed E-state index contributed by atoms with van der Waals surface area (Å²) in [6, 6.07) is 7.36. The van der Waals surface area contributed by atoms with Crippen LogP contribution < -0.4 is 5.32 Å². The summed E-state index contributed by atoms with van der Waals surface area (Å²) in [4.78, 5) is 19.6. The molecule has 1 aromatic carbocycles. The molecular formula is C16H15N3O2. The van der Waals surface area contributed by atoms with Crippen molar-refractivity contribution in [3.05, 3.63) is 59.7 Å². The highest BCUT2D eigenvalue weighted by Gasteiger charge is 2.11. The fraction of sp³-hybridized carbons (Fsp3) is 0.188. The van der Waals surface area contributed by atoms with Crippen LogP contribution in [-0.4, -0.2) is 27.6 Å². The molecule has 0 saturated carbocycles. The Labute approximate surface area is 123 Å². The molecule has 1 unspecified atom stereocenters. The quantitative estimate of drug-likeness (QED) is 0.832. The van der Waals surface area contributed by atoms with Crippen molar-refractivity contribution in [3.63, 3.8) is 0 Å². The molecule has 0 fully saturated rings. The van der Waals surface area contributed by atoms with Gasteiger partial charge in [0.1, 0.15) is 12.9 Å². The minimum absolute atomic E-state index is 0.141. The van der Waals surface area contributed by atoms with Gasteiger partial charge in [-0.2, -0.15) is 0 Å². The Hall–Kier alpha value is -2.71. The second-order valence-corrected chi connectivity index (χ2v) is 4.40. The summed E-state index contributed by atoms with van der Waals surface area (Å²) in [6.45, 7) is 1.74. The first-order chi connectivity index (χ1) is 10.2. The summed E-state index contributed by atoms with van der Waals surface area (Å²) >= 11 is 0. The average molecular weight is 281 g/mol. The summed E-state index contributed by atoms with van der Waals surface area (Å²) in [5, 5.41) is 11.5. The van der Waals surface area contributed by atoms with E-state index in [2.05, 4.69) is 27.1 Å². The lowest BCUT2D eigenvalue weighted by Crippen LogP contribution is -2.26. The molecule has 2 N–H and O–H groups in total. The largest absolute Gasteiger partial charge is 0.384 e. The first-order valence-electron chi connectivity index (χ1n) is 6.46. The van der Waals surface area contributed by atoms with E-state index in [4.69, 9.17) is 5.11 Å². The average Bonchev–Trinajstić information content (AvgIpc) is 2.54. The third-order valence-corrected chi connectivity index (χ3v) is 2.89. The number of nitrogens with one attached hydrogen (secondary N) is 1. The highest BCUT2D eigenvalue weighted by molar-refractivity contribution is 5.93. The lowest BCUT2D eigenvalue weighted by molar-refractivity contribution is 0.0939. The lowest BCUT2D eigenvalue weighted by atomic mass is 10.1. The molecule has 0 aliphatic carbocycles. The molecule has 1 amide bonds. The van der Waals surface area contributed by atoms with Crippen molar-refractivity contribution in [1.29, 1.82) is 0 Å². The van der Waals surface area contributed by atoms with Crippen LogP contribution in [0.4, 0.5) is 0 Å². The van der Waals surface area contributed by atoms with Gasteiger partial charge in [0.25, 0.3) is 5.91 Å². The van der Waals surface area contributed by atoms with Crippen LogP contribution in [0.15, 0.2) is 43.0 Å². The number of aliphatic hydroxyl groups excluding tert-OH is 1. The maximum Gasteiger partial charge on any atom is 0.254 e. The van der Waals surface area contributed by atoms with Gasteiger partial charge in [0, 0.05) is 18.0 Å². The van der Waals surface area contributed by atoms with Crippen LogP contribution in [0.3, 0.4) is 0 Å². The zero-order valence-corrected chi connectivity index (χ0v) is 11.6. The molecule has 0 radical (unpaired) electrons. The molecule has 5 nitrogen and oxygen atoms in total. The number of carbonyl (C=O) groups excluding carboxylic acids is 1. The molecule has 1 aromatic heterocycles. The van der Waals surface area contributed by atoms with Crippen LogP contribution >= 0.6 is 0 Å². The minimum atomic E-state index is -0.216. The van der Waals surface area contributed by atoms with E-state index in [0.29, 0.717) is 5.56 Å². The van der Waals surface area contributed by atoms with Crippen molar-refractivity contribution >= 4 is 5.91 Å². The summed E-state index contributed by atoms with van der Waals surface area (Å²) in [7, 11) is 0. The van der Waals surface area contributed by atoms with Gasteiger partial charge in [0.2, 0.25) is 0 Å². The maximum atomic E-state index is 12.0. The van der Waals surface area contributed by atoms with E-state index in [-0.39, 0.29) is 18.6 Å². The van der Waals surface area contributed by atoms with Gasteiger partial charge in [-0.05, 0) is 24.6 Å². The summed E-state index contributed by atoms with van der Waals surface area (Å²) in [6.07, 6.45) is 4.33. The third kappa shape index (κ3) is 4.13. The molecular weight excluding hydrogens is 266 g/mol. The van der Waals surface area contributed by atoms with Gasteiger partial charge >= 0.3 is 0 Å². The fourth-order valence-electron chi connectivity index (χ4n) is 1.78. The Morgan fingerprint density at radius 1 is 1.29 bits per heavy atom. The molecule has 2 aromatic rings. The van der Waals surface area contributed by atoms with Crippen molar-refractivity contribution in [2.75, 3.05) is 6.61 Å². The van der Waals surface area contributed by atoms with Gasteiger partial charge in [0.05, 0.1) is 11.6 Å². The van der Waals surface area contributed by atoms with Crippen molar-refractivity contribution < 1.29 is 9.90 Å². The Morgan fingerprint density at radius 2 is 1.95 bits per heavy atom. The van der Waals surface area contributed by atoms with Crippen LogP contribution in [0.1, 0.15) is 34.5 Å². The van der Waals surface area contributed by atoms with E-state index in [1.165, 1.54) is 18.7 Å². The molecule has 106 valence electrons. The van der Waals surface area contributed by atoms with E-state index in [0.717, 1.165) is 11.1 Å². The first-order valence-corrected chi connectivity index (χ1v) is 6.46. The van der Waals surface area contributed by atoms with Crippen LogP contribution in [-0.2, 0) is 0 Å². The third-order valence-electron chi connectivity index (χ3n) is 2.89. The fourth-order valence-corrected chi connectivity index (χ4v) is 1.78.